The minimum atomic E-state index is -0.221. The molecule has 1 heterocycles. The summed E-state index contributed by atoms with van der Waals surface area (Å²) in [7, 11) is 0. The molecule has 1 amide bonds. The van der Waals surface area contributed by atoms with Crippen molar-refractivity contribution >= 4 is 30.7 Å². The lowest BCUT2D eigenvalue weighted by molar-refractivity contribution is -0.121. The second kappa shape index (κ2) is 11.7. The fourth-order valence-corrected chi connectivity index (χ4v) is 2.93. The molecule has 1 aliphatic rings. The number of benzene rings is 1. The number of hydrogen-bond donors (Lipinski definition) is 2. The monoisotopic (exact) mass is 361 g/mol. The lowest BCUT2D eigenvalue weighted by Crippen LogP contribution is -2.40. The number of carbonyl (C=O) groups is 1. The molecule has 1 aromatic rings. The molecule has 0 aliphatic carbocycles. The summed E-state index contributed by atoms with van der Waals surface area (Å²) in [6.45, 7) is 6.26. The molecule has 0 saturated carbocycles. The van der Waals surface area contributed by atoms with Crippen molar-refractivity contribution in [3.63, 3.8) is 0 Å². The predicted octanol–water partition coefficient (Wildman–Crippen LogP) is 2.77. The normalized spacial score (nSPS) is 19.1. The fraction of sp³-hybridized carbons (Fsp3) is 0.588. The summed E-state index contributed by atoms with van der Waals surface area (Å²) in [5.41, 5.74) is 7.07. The molecule has 3 N–H and O–H groups in total. The maximum atomic E-state index is 11.9. The van der Waals surface area contributed by atoms with E-state index in [9.17, 15) is 4.79 Å². The van der Waals surface area contributed by atoms with Crippen LogP contribution >= 0.6 is 24.8 Å². The van der Waals surface area contributed by atoms with Crippen molar-refractivity contribution in [3.05, 3.63) is 35.9 Å². The Balaban J connectivity index is 0.00000242. The molecule has 1 aromatic carbocycles. The molecule has 1 aliphatic heterocycles. The highest BCUT2D eigenvalue weighted by Gasteiger charge is 2.16. The Labute approximate surface area is 152 Å². The van der Waals surface area contributed by atoms with E-state index in [-0.39, 0.29) is 36.8 Å². The first-order chi connectivity index (χ1) is 10.1. The van der Waals surface area contributed by atoms with Crippen LogP contribution in [0.3, 0.4) is 0 Å². The van der Waals surface area contributed by atoms with Gasteiger partial charge in [-0.25, -0.2) is 0 Å². The molecule has 2 rings (SSSR count). The maximum Gasteiger partial charge on any atom is 0.221 e. The van der Waals surface area contributed by atoms with Gasteiger partial charge in [0.05, 0.1) is 0 Å². The van der Waals surface area contributed by atoms with E-state index in [1.54, 1.807) is 0 Å². The van der Waals surface area contributed by atoms with Gasteiger partial charge in [-0.15, -0.1) is 24.8 Å². The van der Waals surface area contributed by atoms with Crippen molar-refractivity contribution in [2.75, 3.05) is 26.2 Å². The van der Waals surface area contributed by atoms with Crippen molar-refractivity contribution in [3.8, 4) is 0 Å². The van der Waals surface area contributed by atoms with Crippen LogP contribution in [0.4, 0.5) is 0 Å². The molecular weight excluding hydrogens is 333 g/mol. The molecule has 0 aromatic heterocycles. The number of halogens is 2. The highest BCUT2D eigenvalue weighted by atomic mass is 35.5. The zero-order valence-corrected chi connectivity index (χ0v) is 15.4. The van der Waals surface area contributed by atoms with E-state index in [1.165, 1.54) is 12.8 Å². The Morgan fingerprint density at radius 3 is 2.70 bits per heavy atom. The first kappa shape index (κ1) is 22.2. The van der Waals surface area contributed by atoms with Crippen LogP contribution in [0.5, 0.6) is 0 Å². The van der Waals surface area contributed by atoms with Gasteiger partial charge in [-0.3, -0.25) is 4.79 Å². The van der Waals surface area contributed by atoms with E-state index in [0.717, 1.165) is 31.1 Å². The van der Waals surface area contributed by atoms with Gasteiger partial charge in [0.15, 0.2) is 0 Å². The largest absolute Gasteiger partial charge is 0.355 e. The van der Waals surface area contributed by atoms with Gasteiger partial charge in [0.2, 0.25) is 5.91 Å². The first-order valence-electron chi connectivity index (χ1n) is 7.94. The molecule has 132 valence electrons. The molecule has 1 saturated heterocycles. The summed E-state index contributed by atoms with van der Waals surface area (Å²) in [5.74, 6) is 0.817. The van der Waals surface area contributed by atoms with Crippen molar-refractivity contribution in [1.29, 1.82) is 0 Å². The molecule has 1 fully saturated rings. The minimum absolute atomic E-state index is 0. The Morgan fingerprint density at radius 2 is 2.04 bits per heavy atom. The maximum absolute atomic E-state index is 11.9. The van der Waals surface area contributed by atoms with E-state index in [2.05, 4.69) is 17.1 Å². The molecule has 23 heavy (non-hydrogen) atoms. The summed E-state index contributed by atoms with van der Waals surface area (Å²) in [4.78, 5) is 14.4. The van der Waals surface area contributed by atoms with Crippen molar-refractivity contribution in [1.82, 2.24) is 10.2 Å². The van der Waals surface area contributed by atoms with Crippen molar-refractivity contribution < 1.29 is 4.79 Å². The number of rotatable bonds is 6. The van der Waals surface area contributed by atoms with Crippen LogP contribution < -0.4 is 11.1 Å². The quantitative estimate of drug-likeness (QED) is 0.818. The predicted molar refractivity (Wildman–Crippen MR) is 100 cm³/mol. The van der Waals surface area contributed by atoms with Gasteiger partial charge in [-0.1, -0.05) is 37.3 Å². The van der Waals surface area contributed by atoms with E-state index in [0.29, 0.717) is 13.0 Å². The topological polar surface area (TPSA) is 58.4 Å². The average molecular weight is 362 g/mol. The molecule has 0 spiro atoms. The Hall–Kier alpha value is -0.810. The molecule has 6 heteroatoms. The summed E-state index contributed by atoms with van der Waals surface area (Å²) in [5, 5.41) is 2.98. The number of nitrogens with one attached hydrogen (secondary N) is 1. The van der Waals surface area contributed by atoms with Crippen molar-refractivity contribution in [2.24, 2.45) is 11.7 Å². The molecule has 4 nitrogen and oxygen atoms in total. The fourth-order valence-electron chi connectivity index (χ4n) is 2.93. The minimum Gasteiger partial charge on any atom is -0.355 e. The smallest absolute Gasteiger partial charge is 0.221 e. The SMILES string of the molecule is CC1CCCN(CCNC(=O)CC(N)c2ccccc2)C1.Cl.Cl. The first-order valence-corrected chi connectivity index (χ1v) is 7.94. The number of nitrogens with two attached hydrogens (primary N) is 1. The third-order valence-electron chi connectivity index (χ3n) is 4.12. The van der Waals surface area contributed by atoms with Gasteiger partial charge in [0.1, 0.15) is 0 Å². The average Bonchev–Trinajstić information content (AvgIpc) is 2.48. The van der Waals surface area contributed by atoms with Crippen LogP contribution in [0, 0.1) is 5.92 Å². The number of nitrogens with zero attached hydrogens (tertiary/aromatic N) is 1. The summed E-state index contributed by atoms with van der Waals surface area (Å²) < 4.78 is 0. The zero-order chi connectivity index (χ0) is 15.1. The van der Waals surface area contributed by atoms with Crippen molar-refractivity contribution in [2.45, 2.75) is 32.2 Å². The van der Waals surface area contributed by atoms with Crippen LogP contribution in [0.1, 0.15) is 37.8 Å². The zero-order valence-electron chi connectivity index (χ0n) is 13.7. The van der Waals surface area contributed by atoms with E-state index >= 15 is 0 Å². The lowest BCUT2D eigenvalue weighted by atomic mass is 10.0. The van der Waals surface area contributed by atoms with Gasteiger partial charge < -0.3 is 16.0 Å². The number of likely N-dealkylation sites (tertiary alicyclic amines) is 1. The summed E-state index contributed by atoms with van der Waals surface area (Å²) in [6.07, 6.45) is 2.95. The van der Waals surface area contributed by atoms with Gasteiger partial charge >= 0.3 is 0 Å². The number of carbonyl (C=O) groups excluding carboxylic acids is 1. The van der Waals surface area contributed by atoms with Crippen LogP contribution in [-0.4, -0.2) is 37.0 Å². The second-order valence-electron chi connectivity index (χ2n) is 6.12. The number of piperidine rings is 1. The highest BCUT2D eigenvalue weighted by Crippen LogP contribution is 2.15. The number of amides is 1. The molecule has 2 unspecified atom stereocenters. The lowest BCUT2D eigenvalue weighted by Gasteiger charge is -2.30. The standard InChI is InChI=1S/C17H27N3O.2ClH/c1-14-6-5-10-20(13-14)11-9-19-17(21)12-16(18)15-7-3-2-4-8-15;;/h2-4,7-8,14,16H,5-6,9-13,18H2,1H3,(H,19,21);2*1H. The van der Waals surface area contributed by atoms with E-state index in [1.807, 2.05) is 30.3 Å². The van der Waals surface area contributed by atoms with Gasteiger partial charge in [-0.05, 0) is 30.9 Å². The number of hydrogen-bond acceptors (Lipinski definition) is 3. The summed E-state index contributed by atoms with van der Waals surface area (Å²) in [6, 6.07) is 9.56. The van der Waals surface area contributed by atoms with Crippen LogP contribution in [0.15, 0.2) is 30.3 Å². The van der Waals surface area contributed by atoms with Crippen LogP contribution in [0.25, 0.3) is 0 Å². The van der Waals surface area contributed by atoms with Gasteiger partial charge in [0, 0.05) is 32.1 Å². The summed E-state index contributed by atoms with van der Waals surface area (Å²) >= 11 is 0. The van der Waals surface area contributed by atoms with E-state index in [4.69, 9.17) is 5.73 Å². The van der Waals surface area contributed by atoms with Crippen LogP contribution in [0.2, 0.25) is 0 Å². The molecule has 2 atom stereocenters. The molecule has 0 bridgehead atoms. The Kier molecular flexibility index (Phi) is 11.3. The Bertz CT molecular complexity index is 445. The van der Waals surface area contributed by atoms with E-state index < -0.39 is 0 Å². The molecule has 0 radical (unpaired) electrons. The molecular formula is C17H29Cl2N3O. The third kappa shape index (κ3) is 8.02. The van der Waals surface area contributed by atoms with Gasteiger partial charge in [0.25, 0.3) is 0 Å². The second-order valence-corrected chi connectivity index (χ2v) is 6.12. The third-order valence-corrected chi connectivity index (χ3v) is 4.12. The Morgan fingerprint density at radius 1 is 1.35 bits per heavy atom. The highest BCUT2D eigenvalue weighted by molar-refractivity contribution is 5.85. The van der Waals surface area contributed by atoms with Gasteiger partial charge in [-0.2, -0.15) is 0 Å². The van der Waals surface area contributed by atoms with Crippen LogP contribution in [-0.2, 0) is 4.79 Å².